The molecule has 0 bridgehead atoms. The van der Waals surface area contributed by atoms with Gasteiger partial charge in [0.25, 0.3) is 0 Å². The van der Waals surface area contributed by atoms with Crippen LogP contribution in [0, 0.1) is 0 Å². The van der Waals surface area contributed by atoms with Gasteiger partial charge in [-0.3, -0.25) is 14.8 Å². The van der Waals surface area contributed by atoms with E-state index in [1.807, 2.05) is 36.4 Å². The van der Waals surface area contributed by atoms with Crippen LogP contribution in [-0.2, 0) is 6.42 Å². The van der Waals surface area contributed by atoms with Gasteiger partial charge < -0.3 is 14.5 Å². The number of hydrogen-bond acceptors (Lipinski definition) is 7. The maximum Gasteiger partial charge on any atom is 0.181 e. The standard InChI is InChI=1S/C24H22N4O3/c29-23(16-1-3-20(4-2-16)31-21-5-7-25-8-6-21)11-19-10-17-9-18(24-14-26-15-30-24)12-28-22(17)13-27-19/h1-4,9-10,12-15,21,25H,5-8,11H2. The van der Waals surface area contributed by atoms with Crippen LogP contribution in [0.3, 0.4) is 0 Å². The quantitative estimate of drug-likeness (QED) is 0.479. The van der Waals surface area contributed by atoms with Crippen LogP contribution in [-0.4, -0.2) is 39.9 Å². The Bertz CT molecular complexity index is 1180. The van der Waals surface area contributed by atoms with Gasteiger partial charge in [0.15, 0.2) is 17.9 Å². The van der Waals surface area contributed by atoms with Crippen LogP contribution >= 0.6 is 0 Å². The monoisotopic (exact) mass is 414 g/mol. The second-order valence-electron chi connectivity index (χ2n) is 7.65. The van der Waals surface area contributed by atoms with Gasteiger partial charge in [-0.15, -0.1) is 0 Å². The van der Waals surface area contributed by atoms with Crippen molar-refractivity contribution in [2.45, 2.75) is 25.4 Å². The number of nitrogens with zero attached hydrogens (tertiary/aromatic N) is 3. The van der Waals surface area contributed by atoms with E-state index in [2.05, 4.69) is 20.3 Å². The van der Waals surface area contributed by atoms with Crippen molar-refractivity contribution in [2.24, 2.45) is 0 Å². The van der Waals surface area contributed by atoms with Crippen LogP contribution in [0.5, 0.6) is 5.75 Å². The smallest absolute Gasteiger partial charge is 0.181 e. The number of nitrogens with one attached hydrogen (secondary N) is 1. The summed E-state index contributed by atoms with van der Waals surface area (Å²) in [5.41, 5.74) is 2.94. The summed E-state index contributed by atoms with van der Waals surface area (Å²) in [7, 11) is 0. The van der Waals surface area contributed by atoms with Crippen molar-refractivity contribution in [1.29, 1.82) is 0 Å². The van der Waals surface area contributed by atoms with Crippen molar-refractivity contribution in [3.8, 4) is 17.1 Å². The molecule has 1 N–H and O–H groups in total. The van der Waals surface area contributed by atoms with E-state index in [9.17, 15) is 4.79 Å². The molecule has 1 fully saturated rings. The predicted octanol–water partition coefficient (Wildman–Crippen LogP) is 3.84. The maximum atomic E-state index is 12.8. The third-order valence-electron chi connectivity index (χ3n) is 5.45. The van der Waals surface area contributed by atoms with Gasteiger partial charge in [0.2, 0.25) is 0 Å². The molecule has 7 nitrogen and oxygen atoms in total. The molecule has 0 amide bonds. The molecular formula is C24H22N4O3. The van der Waals surface area contributed by atoms with Crippen molar-refractivity contribution in [3.63, 3.8) is 0 Å². The van der Waals surface area contributed by atoms with E-state index in [1.54, 1.807) is 18.6 Å². The van der Waals surface area contributed by atoms with E-state index in [1.165, 1.54) is 6.39 Å². The molecule has 0 radical (unpaired) electrons. The Labute approximate surface area is 179 Å². The van der Waals surface area contributed by atoms with Gasteiger partial charge in [-0.25, -0.2) is 4.98 Å². The van der Waals surface area contributed by atoms with E-state index in [0.717, 1.165) is 48.1 Å². The van der Waals surface area contributed by atoms with Crippen molar-refractivity contribution >= 4 is 16.7 Å². The molecule has 0 atom stereocenters. The van der Waals surface area contributed by atoms with Crippen molar-refractivity contribution in [3.05, 3.63) is 72.6 Å². The molecule has 0 unspecified atom stereocenters. The van der Waals surface area contributed by atoms with Gasteiger partial charge in [-0.2, -0.15) is 0 Å². The fourth-order valence-electron chi connectivity index (χ4n) is 3.76. The number of Topliss-reactive ketones (excluding diaryl/α,β-unsaturated/α-hetero) is 1. The van der Waals surface area contributed by atoms with Crippen molar-refractivity contribution in [1.82, 2.24) is 20.3 Å². The zero-order valence-electron chi connectivity index (χ0n) is 17.0. The number of rotatable bonds is 6. The molecule has 1 aromatic carbocycles. The van der Waals surface area contributed by atoms with E-state index < -0.39 is 0 Å². The number of ketones is 1. The number of oxazole rings is 1. The Morgan fingerprint density at radius 2 is 1.90 bits per heavy atom. The summed E-state index contributed by atoms with van der Waals surface area (Å²) in [6, 6.07) is 11.3. The molecule has 0 spiro atoms. The van der Waals surface area contributed by atoms with Crippen LogP contribution in [0.25, 0.3) is 22.2 Å². The molecule has 4 heterocycles. The first kappa shape index (κ1) is 19.4. The number of ether oxygens (including phenoxy) is 1. The zero-order chi connectivity index (χ0) is 21.0. The maximum absolute atomic E-state index is 12.8. The molecular weight excluding hydrogens is 392 g/mol. The van der Waals surface area contributed by atoms with Gasteiger partial charge in [0, 0.05) is 28.4 Å². The highest BCUT2D eigenvalue weighted by Crippen LogP contribution is 2.23. The van der Waals surface area contributed by atoms with Crippen LogP contribution in [0.15, 0.2) is 65.8 Å². The highest BCUT2D eigenvalue weighted by molar-refractivity contribution is 5.97. The SMILES string of the molecule is O=C(Cc1cc2cc(-c3cnco3)cnc2cn1)c1ccc(OC2CCNCC2)cc1. The first-order valence-corrected chi connectivity index (χ1v) is 10.4. The summed E-state index contributed by atoms with van der Waals surface area (Å²) in [4.78, 5) is 25.6. The molecule has 1 saturated heterocycles. The summed E-state index contributed by atoms with van der Waals surface area (Å²) in [5.74, 6) is 1.47. The van der Waals surface area contributed by atoms with Crippen molar-refractivity contribution < 1.29 is 13.9 Å². The molecule has 1 aliphatic heterocycles. The fraction of sp³-hybridized carbons (Fsp3) is 0.250. The second kappa shape index (κ2) is 8.65. The molecule has 3 aromatic heterocycles. The molecule has 7 heteroatoms. The van der Waals surface area contributed by atoms with E-state index in [-0.39, 0.29) is 18.3 Å². The number of piperidine rings is 1. The van der Waals surface area contributed by atoms with E-state index in [4.69, 9.17) is 9.15 Å². The Kier molecular flexibility index (Phi) is 5.41. The lowest BCUT2D eigenvalue weighted by Crippen LogP contribution is -2.34. The first-order valence-electron chi connectivity index (χ1n) is 10.4. The number of hydrogen-bond donors (Lipinski definition) is 1. The molecule has 156 valence electrons. The minimum Gasteiger partial charge on any atom is -0.490 e. The van der Waals surface area contributed by atoms with Gasteiger partial charge in [0.05, 0.1) is 24.3 Å². The number of fused-ring (bicyclic) bond motifs is 1. The van der Waals surface area contributed by atoms with Crippen LogP contribution < -0.4 is 10.1 Å². The van der Waals surface area contributed by atoms with Crippen LogP contribution in [0.4, 0.5) is 0 Å². The number of pyridine rings is 2. The fourth-order valence-corrected chi connectivity index (χ4v) is 3.76. The van der Waals surface area contributed by atoms with Gasteiger partial charge in [-0.05, 0) is 62.3 Å². The summed E-state index contributed by atoms with van der Waals surface area (Å²) in [5, 5.41) is 4.23. The molecule has 1 aliphatic rings. The minimum absolute atomic E-state index is 0.0135. The Morgan fingerprint density at radius 3 is 2.68 bits per heavy atom. The highest BCUT2D eigenvalue weighted by atomic mass is 16.5. The second-order valence-corrected chi connectivity index (χ2v) is 7.65. The average Bonchev–Trinajstić information content (AvgIpc) is 3.35. The molecule has 31 heavy (non-hydrogen) atoms. The number of carbonyl (C=O) groups excluding carboxylic acids is 1. The van der Waals surface area contributed by atoms with Gasteiger partial charge in [-0.1, -0.05) is 0 Å². The topological polar surface area (TPSA) is 90.1 Å². The van der Waals surface area contributed by atoms with Gasteiger partial charge in [0.1, 0.15) is 11.9 Å². The third-order valence-corrected chi connectivity index (χ3v) is 5.45. The summed E-state index contributed by atoms with van der Waals surface area (Å²) in [6.45, 7) is 1.96. The largest absolute Gasteiger partial charge is 0.490 e. The molecule has 0 aliphatic carbocycles. The number of benzene rings is 1. The predicted molar refractivity (Wildman–Crippen MR) is 116 cm³/mol. The zero-order valence-corrected chi connectivity index (χ0v) is 17.0. The lowest BCUT2D eigenvalue weighted by molar-refractivity contribution is 0.0992. The summed E-state index contributed by atoms with van der Waals surface area (Å²) < 4.78 is 11.4. The minimum atomic E-state index is 0.0135. The Balaban J connectivity index is 1.29. The average molecular weight is 414 g/mol. The number of aromatic nitrogens is 3. The van der Waals surface area contributed by atoms with Crippen LogP contribution in [0.1, 0.15) is 28.9 Å². The Hall–Kier alpha value is -3.58. The van der Waals surface area contributed by atoms with Crippen molar-refractivity contribution in [2.75, 3.05) is 13.1 Å². The lowest BCUT2D eigenvalue weighted by atomic mass is 10.0. The lowest BCUT2D eigenvalue weighted by Gasteiger charge is -2.23. The Morgan fingerprint density at radius 1 is 1.06 bits per heavy atom. The highest BCUT2D eigenvalue weighted by Gasteiger charge is 2.15. The third kappa shape index (κ3) is 4.46. The summed E-state index contributed by atoms with van der Waals surface area (Å²) >= 11 is 0. The number of carbonyl (C=O) groups is 1. The van der Waals surface area contributed by atoms with Gasteiger partial charge >= 0.3 is 0 Å². The van der Waals surface area contributed by atoms with E-state index in [0.29, 0.717) is 17.0 Å². The van der Waals surface area contributed by atoms with E-state index >= 15 is 0 Å². The first-order chi connectivity index (χ1) is 15.2. The normalized spacial score (nSPS) is 14.6. The molecule has 4 aromatic rings. The molecule has 0 saturated carbocycles. The molecule has 5 rings (SSSR count). The van der Waals surface area contributed by atoms with Crippen LogP contribution in [0.2, 0.25) is 0 Å². The summed E-state index contributed by atoms with van der Waals surface area (Å²) in [6.07, 6.45) is 8.91.